The van der Waals surface area contributed by atoms with Crippen molar-refractivity contribution in [1.82, 2.24) is 0 Å². The lowest BCUT2D eigenvalue weighted by Crippen LogP contribution is -2.32. The summed E-state index contributed by atoms with van der Waals surface area (Å²) in [4.78, 5) is 2.40. The lowest BCUT2D eigenvalue weighted by molar-refractivity contribution is 0.205. The summed E-state index contributed by atoms with van der Waals surface area (Å²) in [5, 5.41) is 0. The number of nitrogens with two attached hydrogens (primary N) is 1. The minimum atomic E-state index is 0.640. The Morgan fingerprint density at radius 1 is 1.44 bits per heavy atom. The molecule has 0 saturated heterocycles. The number of fused-ring (bicyclic) bond motifs is 1. The van der Waals surface area contributed by atoms with Crippen LogP contribution in [0.2, 0.25) is 0 Å². The fourth-order valence-electron chi connectivity index (χ4n) is 2.40. The van der Waals surface area contributed by atoms with Crippen molar-refractivity contribution in [3.8, 4) is 0 Å². The first kappa shape index (κ1) is 11.4. The first-order valence-electron chi connectivity index (χ1n) is 5.91. The molecule has 0 radical (unpaired) electrons. The molecular weight excluding hydrogens is 200 g/mol. The van der Waals surface area contributed by atoms with Crippen LogP contribution in [0, 0.1) is 0 Å². The predicted octanol–water partition coefficient (Wildman–Crippen LogP) is 1.54. The summed E-state index contributed by atoms with van der Waals surface area (Å²) >= 11 is 0. The van der Waals surface area contributed by atoms with Crippen LogP contribution >= 0.6 is 0 Å². The quantitative estimate of drug-likeness (QED) is 0.836. The molecule has 1 aromatic rings. The molecule has 0 aliphatic carbocycles. The van der Waals surface area contributed by atoms with Gasteiger partial charge < -0.3 is 15.4 Å². The molecule has 88 valence electrons. The molecule has 0 saturated carbocycles. The number of nitrogens with zero attached hydrogens (tertiary/aromatic N) is 1. The molecule has 2 rings (SSSR count). The van der Waals surface area contributed by atoms with E-state index in [1.54, 1.807) is 7.11 Å². The van der Waals surface area contributed by atoms with Crippen molar-refractivity contribution in [3.63, 3.8) is 0 Å². The van der Waals surface area contributed by atoms with E-state index in [0.29, 0.717) is 6.54 Å². The van der Waals surface area contributed by atoms with E-state index in [2.05, 4.69) is 23.1 Å². The third-order valence-corrected chi connectivity index (χ3v) is 3.23. The summed E-state index contributed by atoms with van der Waals surface area (Å²) in [5.74, 6) is 0. The second-order valence-electron chi connectivity index (χ2n) is 4.20. The highest BCUT2D eigenvalue weighted by molar-refractivity contribution is 5.58. The highest BCUT2D eigenvalue weighted by atomic mass is 16.5. The number of benzene rings is 1. The predicted molar refractivity (Wildman–Crippen MR) is 66.7 cm³/mol. The van der Waals surface area contributed by atoms with Gasteiger partial charge in [-0.2, -0.15) is 0 Å². The Morgan fingerprint density at radius 3 is 3.06 bits per heavy atom. The van der Waals surface area contributed by atoms with Crippen LogP contribution in [-0.4, -0.2) is 26.8 Å². The van der Waals surface area contributed by atoms with Crippen LogP contribution in [-0.2, 0) is 17.7 Å². The molecule has 0 spiro atoms. The van der Waals surface area contributed by atoms with Gasteiger partial charge in [-0.1, -0.05) is 12.1 Å². The molecule has 1 heterocycles. The van der Waals surface area contributed by atoms with Gasteiger partial charge in [-0.3, -0.25) is 0 Å². The van der Waals surface area contributed by atoms with Crippen LogP contribution < -0.4 is 10.6 Å². The van der Waals surface area contributed by atoms with Crippen LogP contribution in [0.5, 0.6) is 0 Å². The zero-order valence-electron chi connectivity index (χ0n) is 9.91. The van der Waals surface area contributed by atoms with Crippen LogP contribution in [0.15, 0.2) is 18.2 Å². The Hall–Kier alpha value is -1.06. The van der Waals surface area contributed by atoms with Crippen molar-refractivity contribution < 1.29 is 4.74 Å². The Kier molecular flexibility index (Phi) is 3.80. The molecule has 3 heteroatoms. The zero-order chi connectivity index (χ0) is 11.4. The number of rotatable bonds is 4. The molecule has 1 aliphatic heterocycles. The van der Waals surface area contributed by atoms with Gasteiger partial charge in [-0.05, 0) is 30.0 Å². The van der Waals surface area contributed by atoms with Crippen molar-refractivity contribution in [3.05, 3.63) is 29.3 Å². The minimum absolute atomic E-state index is 0.640. The summed E-state index contributed by atoms with van der Waals surface area (Å²) in [5.41, 5.74) is 9.86. The van der Waals surface area contributed by atoms with E-state index in [1.165, 1.54) is 23.2 Å². The average molecular weight is 220 g/mol. The van der Waals surface area contributed by atoms with Crippen molar-refractivity contribution in [2.45, 2.75) is 19.4 Å². The summed E-state index contributed by atoms with van der Waals surface area (Å²) in [6.07, 6.45) is 2.37. The van der Waals surface area contributed by atoms with Gasteiger partial charge in [0.2, 0.25) is 0 Å². The highest BCUT2D eigenvalue weighted by Gasteiger charge is 2.18. The zero-order valence-corrected chi connectivity index (χ0v) is 9.91. The molecule has 0 unspecified atom stereocenters. The Bertz CT molecular complexity index is 352. The monoisotopic (exact) mass is 220 g/mol. The van der Waals surface area contributed by atoms with Gasteiger partial charge in [-0.15, -0.1) is 0 Å². The van der Waals surface area contributed by atoms with E-state index in [9.17, 15) is 0 Å². The maximum atomic E-state index is 5.78. The lowest BCUT2D eigenvalue weighted by atomic mass is 9.96. The van der Waals surface area contributed by atoms with Crippen LogP contribution in [0.25, 0.3) is 0 Å². The first-order valence-corrected chi connectivity index (χ1v) is 5.91. The van der Waals surface area contributed by atoms with Gasteiger partial charge in [0.15, 0.2) is 0 Å². The Balaban J connectivity index is 2.24. The number of ether oxygens (including phenoxy) is 1. The summed E-state index contributed by atoms with van der Waals surface area (Å²) in [6.45, 7) is 3.52. The maximum absolute atomic E-state index is 5.78. The second-order valence-corrected chi connectivity index (χ2v) is 4.20. The third-order valence-electron chi connectivity index (χ3n) is 3.23. The summed E-state index contributed by atoms with van der Waals surface area (Å²) < 4.78 is 5.15. The maximum Gasteiger partial charge on any atom is 0.0637 e. The van der Waals surface area contributed by atoms with E-state index in [0.717, 1.165) is 26.1 Å². The van der Waals surface area contributed by atoms with Gasteiger partial charge >= 0.3 is 0 Å². The molecule has 2 N–H and O–H groups in total. The van der Waals surface area contributed by atoms with E-state index in [1.807, 2.05) is 0 Å². The van der Waals surface area contributed by atoms with E-state index in [-0.39, 0.29) is 0 Å². The molecule has 0 amide bonds. The van der Waals surface area contributed by atoms with Gasteiger partial charge in [0.25, 0.3) is 0 Å². The number of hydrogen-bond donors (Lipinski definition) is 1. The summed E-state index contributed by atoms with van der Waals surface area (Å²) in [6, 6.07) is 6.44. The smallest absolute Gasteiger partial charge is 0.0637 e. The van der Waals surface area contributed by atoms with Crippen molar-refractivity contribution >= 4 is 5.69 Å². The van der Waals surface area contributed by atoms with Crippen molar-refractivity contribution in [1.29, 1.82) is 0 Å². The van der Waals surface area contributed by atoms with Crippen LogP contribution in [0.1, 0.15) is 17.5 Å². The van der Waals surface area contributed by atoms with Gasteiger partial charge in [0, 0.05) is 32.4 Å². The SMILES string of the molecule is COCCN1CCCc2c(CN)cccc21. The third kappa shape index (κ3) is 2.20. The van der Waals surface area contributed by atoms with Crippen LogP contribution in [0.3, 0.4) is 0 Å². The molecule has 0 atom stereocenters. The molecular formula is C13H20N2O. The van der Waals surface area contributed by atoms with E-state index in [4.69, 9.17) is 10.5 Å². The normalized spacial score (nSPS) is 15.0. The number of hydrogen-bond acceptors (Lipinski definition) is 3. The largest absolute Gasteiger partial charge is 0.383 e. The first-order chi connectivity index (χ1) is 7.86. The minimum Gasteiger partial charge on any atom is -0.383 e. The standard InChI is InChI=1S/C13H20N2O/c1-16-9-8-15-7-3-5-12-11(10-14)4-2-6-13(12)15/h2,4,6H,3,5,7-10,14H2,1H3. The van der Waals surface area contributed by atoms with Gasteiger partial charge in [0.05, 0.1) is 6.61 Å². The number of methoxy groups -OCH3 is 1. The molecule has 0 bridgehead atoms. The van der Waals surface area contributed by atoms with Crippen LogP contribution in [0.4, 0.5) is 5.69 Å². The average Bonchev–Trinajstić information content (AvgIpc) is 2.35. The molecule has 0 fully saturated rings. The van der Waals surface area contributed by atoms with Gasteiger partial charge in [0.1, 0.15) is 0 Å². The Morgan fingerprint density at radius 2 is 2.31 bits per heavy atom. The topological polar surface area (TPSA) is 38.5 Å². The fraction of sp³-hybridized carbons (Fsp3) is 0.538. The molecule has 1 aliphatic rings. The molecule has 1 aromatic carbocycles. The molecule has 3 nitrogen and oxygen atoms in total. The van der Waals surface area contributed by atoms with Crippen molar-refractivity contribution in [2.24, 2.45) is 5.73 Å². The van der Waals surface area contributed by atoms with E-state index >= 15 is 0 Å². The second kappa shape index (κ2) is 5.32. The van der Waals surface area contributed by atoms with Gasteiger partial charge in [-0.25, -0.2) is 0 Å². The Labute approximate surface area is 97.2 Å². The fourth-order valence-corrected chi connectivity index (χ4v) is 2.40. The summed E-state index contributed by atoms with van der Waals surface area (Å²) in [7, 11) is 1.75. The molecule has 0 aromatic heterocycles. The number of anilines is 1. The molecule has 16 heavy (non-hydrogen) atoms. The highest BCUT2D eigenvalue weighted by Crippen LogP contribution is 2.29. The lowest BCUT2D eigenvalue weighted by Gasteiger charge is -2.32. The van der Waals surface area contributed by atoms with Crippen molar-refractivity contribution in [2.75, 3.05) is 31.7 Å². The van der Waals surface area contributed by atoms with E-state index < -0.39 is 0 Å².